The molecule has 4 aliphatic rings. The van der Waals surface area contributed by atoms with Crippen molar-refractivity contribution in [2.24, 2.45) is 0 Å². The largest absolute Gasteiger partial charge is 0.543 e. The third kappa shape index (κ3) is 4.90. The van der Waals surface area contributed by atoms with Crippen molar-refractivity contribution in [3.8, 4) is 28.7 Å². The Hall–Kier alpha value is -4.81. The molecule has 3 atom stereocenters. The van der Waals surface area contributed by atoms with Crippen LogP contribution in [0.25, 0.3) is 6.08 Å². The fourth-order valence-electron chi connectivity index (χ4n) is 8.19. The van der Waals surface area contributed by atoms with E-state index in [-0.39, 0.29) is 23.2 Å². The summed E-state index contributed by atoms with van der Waals surface area (Å²) in [5, 5.41) is 11.7. The zero-order valence-electron chi connectivity index (χ0n) is 31.8. The Morgan fingerprint density at radius 2 is 1.48 bits per heavy atom. The van der Waals surface area contributed by atoms with Gasteiger partial charge in [-0.25, -0.2) is 0 Å². The van der Waals surface area contributed by atoms with E-state index in [1.165, 1.54) is 12.0 Å². The summed E-state index contributed by atoms with van der Waals surface area (Å²) in [6, 6.07) is 6.70. The first-order valence-electron chi connectivity index (χ1n) is 17.6. The maximum Gasteiger partial charge on any atom is 0.261 e. The van der Waals surface area contributed by atoms with Crippen molar-refractivity contribution in [1.82, 2.24) is 14.7 Å². The second kappa shape index (κ2) is 12.1. The molecule has 274 valence electrons. The third-order valence-electron chi connectivity index (χ3n) is 11.8. The Kier molecular flexibility index (Phi) is 8.30. The van der Waals surface area contributed by atoms with Crippen LogP contribution in [0, 0.1) is 13.8 Å². The van der Waals surface area contributed by atoms with E-state index in [2.05, 4.69) is 33.9 Å². The second-order valence-corrected chi connectivity index (χ2v) is 20.4. The Bertz CT molecular complexity index is 2070. The molecule has 0 unspecified atom stereocenters. The number of aryl methyl sites for hydroxylation is 1. The topological polar surface area (TPSA) is 118 Å². The van der Waals surface area contributed by atoms with Gasteiger partial charge in [0, 0.05) is 28.0 Å². The first kappa shape index (κ1) is 35.6. The van der Waals surface area contributed by atoms with Crippen molar-refractivity contribution in [1.29, 1.82) is 0 Å². The minimum Gasteiger partial charge on any atom is -0.543 e. The maximum atomic E-state index is 15.0. The van der Waals surface area contributed by atoms with Gasteiger partial charge in [-0.3, -0.25) is 24.2 Å². The summed E-state index contributed by atoms with van der Waals surface area (Å²) in [6.45, 7) is 14.5. The number of hydrogen-bond acceptors (Lipinski definition) is 9. The van der Waals surface area contributed by atoms with E-state index in [9.17, 15) is 19.5 Å². The molecular formula is C40H47N3O8Si. The van der Waals surface area contributed by atoms with E-state index in [1.807, 2.05) is 37.9 Å². The molecule has 1 saturated heterocycles. The molecule has 0 saturated carbocycles. The molecule has 11 nitrogen and oxygen atoms in total. The molecule has 12 heteroatoms. The molecule has 2 bridgehead atoms. The van der Waals surface area contributed by atoms with Crippen LogP contribution in [0.15, 0.2) is 36.0 Å². The number of piperazine rings is 1. The van der Waals surface area contributed by atoms with Crippen LogP contribution in [0.1, 0.15) is 87.0 Å². The van der Waals surface area contributed by atoms with Gasteiger partial charge in [-0.05, 0) is 74.8 Å². The van der Waals surface area contributed by atoms with Crippen LogP contribution in [-0.2, 0) is 11.2 Å². The van der Waals surface area contributed by atoms with Gasteiger partial charge in [0.1, 0.15) is 5.75 Å². The van der Waals surface area contributed by atoms with Gasteiger partial charge in [0.15, 0.2) is 23.0 Å². The maximum absolute atomic E-state index is 15.0. The standard InChI is InChI=1S/C40H47N3O8Si/c1-20-16-22-17-27-39(47)43-26(31(41(27)6)29(22)32(44)33(20)48-7)18-25-30(28(43)19-42-37(45)23-14-12-13-15-24(23)38(42)46)36(50-9)35(49-8)21(2)34(25)51-52(10,11)40(3,4)5/h12-16,18,27-28,31,44H,17,19H2,1-11H3/t27-,28-,31-/m0/s1. The lowest BCUT2D eigenvalue weighted by molar-refractivity contribution is -0.143. The van der Waals surface area contributed by atoms with Gasteiger partial charge in [0.05, 0.1) is 57.1 Å². The third-order valence-corrected chi connectivity index (χ3v) is 16.2. The molecule has 3 aromatic carbocycles. The first-order chi connectivity index (χ1) is 24.5. The molecule has 3 amide bonds. The molecule has 7 rings (SSSR count). The molecule has 1 N–H and O–H groups in total. The molecule has 3 aromatic rings. The number of fused-ring (bicyclic) bond motifs is 8. The lowest BCUT2D eigenvalue weighted by Crippen LogP contribution is -2.61. The molecule has 4 aliphatic heterocycles. The molecule has 1 fully saturated rings. The van der Waals surface area contributed by atoms with Gasteiger partial charge in [0.2, 0.25) is 5.91 Å². The number of likely N-dealkylation sites (N-methyl/N-ethyl adjacent to an activating group) is 1. The zero-order valence-corrected chi connectivity index (χ0v) is 32.8. The van der Waals surface area contributed by atoms with Crippen molar-refractivity contribution >= 4 is 32.1 Å². The number of phenols is 1. The predicted octanol–water partition coefficient (Wildman–Crippen LogP) is 6.55. The van der Waals surface area contributed by atoms with Crippen LogP contribution in [0.2, 0.25) is 18.1 Å². The molecule has 4 heterocycles. The molecule has 52 heavy (non-hydrogen) atoms. The van der Waals surface area contributed by atoms with Crippen LogP contribution >= 0.6 is 0 Å². The number of carbonyl (C=O) groups excluding carboxylic acids is 3. The van der Waals surface area contributed by atoms with E-state index in [0.29, 0.717) is 62.9 Å². The monoisotopic (exact) mass is 725 g/mol. The fraction of sp³-hybridized carbons (Fsp3) is 0.425. The average molecular weight is 726 g/mol. The van der Waals surface area contributed by atoms with Crippen molar-refractivity contribution < 1.29 is 38.1 Å². The molecule has 0 aromatic heterocycles. The van der Waals surface area contributed by atoms with Gasteiger partial charge >= 0.3 is 0 Å². The number of benzene rings is 3. The minimum absolute atomic E-state index is 0.0203. The summed E-state index contributed by atoms with van der Waals surface area (Å²) in [7, 11) is 4.04. The Labute approximate surface area is 305 Å². The summed E-state index contributed by atoms with van der Waals surface area (Å²) < 4.78 is 25.0. The summed E-state index contributed by atoms with van der Waals surface area (Å²) in [4.78, 5) is 47.8. The van der Waals surface area contributed by atoms with Crippen LogP contribution in [-0.4, -0.2) is 86.8 Å². The van der Waals surface area contributed by atoms with Crippen molar-refractivity contribution in [2.45, 2.75) is 77.3 Å². The normalized spacial score (nSPS) is 20.9. The molecule has 0 aliphatic carbocycles. The summed E-state index contributed by atoms with van der Waals surface area (Å²) in [5.41, 5.74) is 5.50. The highest BCUT2D eigenvalue weighted by Crippen LogP contribution is 2.58. The number of methoxy groups -OCH3 is 3. The number of imide groups is 1. The smallest absolute Gasteiger partial charge is 0.261 e. The van der Waals surface area contributed by atoms with Crippen LogP contribution in [0.3, 0.4) is 0 Å². The van der Waals surface area contributed by atoms with Gasteiger partial charge in [-0.15, -0.1) is 0 Å². The number of hydrogen-bond donors (Lipinski definition) is 1. The second-order valence-electron chi connectivity index (χ2n) is 15.7. The van der Waals surface area contributed by atoms with Crippen LogP contribution in [0.4, 0.5) is 0 Å². The van der Waals surface area contributed by atoms with Gasteiger partial charge in [-0.2, -0.15) is 0 Å². The Balaban J connectivity index is 1.54. The molecule has 0 spiro atoms. The van der Waals surface area contributed by atoms with E-state index in [1.54, 1.807) is 43.4 Å². The van der Waals surface area contributed by atoms with Crippen LogP contribution < -0.4 is 18.6 Å². The molecular weight excluding hydrogens is 679 g/mol. The summed E-state index contributed by atoms with van der Waals surface area (Å²) >= 11 is 0. The number of amides is 3. The van der Waals surface area contributed by atoms with Crippen molar-refractivity contribution in [3.05, 3.63) is 80.5 Å². The average Bonchev–Trinajstić information content (AvgIpc) is 3.32. The summed E-state index contributed by atoms with van der Waals surface area (Å²) in [6.07, 6.45) is 2.31. The number of nitrogens with zero attached hydrogens (tertiary/aromatic N) is 3. The number of ether oxygens (including phenoxy) is 3. The fourth-order valence-corrected chi connectivity index (χ4v) is 9.26. The SMILES string of the molecule is COc1c(C)cc2c(c1O)[C@@H]1C3=Cc4c(O[Si](C)(C)C(C)(C)C)c(C)c(OC)c(OC)c4[C@H](CN4C(=O)c5ccccc5C4=O)N3C(=O)[C@H](C2)N1C. The lowest BCUT2D eigenvalue weighted by atomic mass is 9.77. The first-order valence-corrected chi connectivity index (χ1v) is 20.5. The van der Waals surface area contributed by atoms with Gasteiger partial charge in [0.25, 0.3) is 20.1 Å². The Morgan fingerprint density at radius 3 is 2.04 bits per heavy atom. The van der Waals surface area contributed by atoms with Crippen LogP contribution in [0.5, 0.6) is 28.7 Å². The molecule has 0 radical (unpaired) electrons. The zero-order chi connectivity index (χ0) is 37.8. The highest BCUT2D eigenvalue weighted by molar-refractivity contribution is 6.74. The number of aromatic hydroxyl groups is 1. The van der Waals surface area contributed by atoms with E-state index < -0.39 is 38.3 Å². The highest BCUT2D eigenvalue weighted by atomic mass is 28.4. The minimum atomic E-state index is -2.50. The van der Waals surface area contributed by atoms with Gasteiger partial charge in [-0.1, -0.05) is 39.0 Å². The van der Waals surface area contributed by atoms with Gasteiger partial charge < -0.3 is 28.6 Å². The van der Waals surface area contributed by atoms with Crippen molar-refractivity contribution in [3.63, 3.8) is 0 Å². The lowest BCUT2D eigenvalue weighted by Gasteiger charge is -2.54. The van der Waals surface area contributed by atoms with Crippen molar-refractivity contribution in [2.75, 3.05) is 34.9 Å². The van der Waals surface area contributed by atoms with E-state index >= 15 is 0 Å². The number of rotatable bonds is 7. The quantitative estimate of drug-likeness (QED) is 0.214. The highest BCUT2D eigenvalue weighted by Gasteiger charge is 2.54. The van der Waals surface area contributed by atoms with E-state index in [0.717, 1.165) is 16.7 Å². The Morgan fingerprint density at radius 1 is 0.885 bits per heavy atom. The summed E-state index contributed by atoms with van der Waals surface area (Å²) in [5.74, 6) is 0.778. The number of phenolic OH excluding ortho intramolecular Hbond substituents is 1. The predicted molar refractivity (Wildman–Crippen MR) is 199 cm³/mol. The van der Waals surface area contributed by atoms with E-state index in [4.69, 9.17) is 18.6 Å². The number of carbonyl (C=O) groups is 3.